The van der Waals surface area contributed by atoms with Crippen LogP contribution in [0.1, 0.15) is 55.3 Å². The summed E-state index contributed by atoms with van der Waals surface area (Å²) in [6, 6.07) is 4.02. The number of fused-ring (bicyclic) bond motifs is 1. The number of carbonyl (C=O) groups is 1. The number of hydrogen-bond acceptors (Lipinski definition) is 4. The lowest BCUT2D eigenvalue weighted by atomic mass is 9.81. The number of aliphatic carboxylic acids is 1. The van der Waals surface area contributed by atoms with E-state index in [-0.39, 0.29) is 0 Å². The first-order valence-corrected chi connectivity index (χ1v) is 7.59. The van der Waals surface area contributed by atoms with Crippen molar-refractivity contribution >= 4 is 11.8 Å². The fourth-order valence-corrected chi connectivity index (χ4v) is 3.43. The Bertz CT molecular complexity index is 613. The van der Waals surface area contributed by atoms with Crippen molar-refractivity contribution < 1.29 is 9.90 Å². The molecule has 0 bridgehead atoms. The molecule has 0 unspecified atom stereocenters. The minimum Gasteiger partial charge on any atom is -0.480 e. The highest BCUT2D eigenvalue weighted by Gasteiger charge is 2.40. The highest BCUT2D eigenvalue weighted by molar-refractivity contribution is 5.83. The van der Waals surface area contributed by atoms with Gasteiger partial charge in [0, 0.05) is 5.69 Å². The molecule has 0 aromatic carbocycles. The summed E-state index contributed by atoms with van der Waals surface area (Å²) < 4.78 is 0. The smallest absolute Gasteiger partial charge is 0.329 e. The van der Waals surface area contributed by atoms with Crippen LogP contribution >= 0.6 is 0 Å². The quantitative estimate of drug-likeness (QED) is 0.891. The molecule has 1 saturated carbocycles. The van der Waals surface area contributed by atoms with E-state index in [2.05, 4.69) is 16.4 Å². The Kier molecular flexibility index (Phi) is 3.54. The predicted octanol–water partition coefficient (Wildman–Crippen LogP) is 2.64. The summed E-state index contributed by atoms with van der Waals surface area (Å²) in [5.74, 6) is -0.393. The average Bonchev–Trinajstić information content (AvgIpc) is 2.94. The van der Waals surface area contributed by atoms with Gasteiger partial charge in [0.1, 0.15) is 17.4 Å². The van der Waals surface area contributed by atoms with Crippen molar-refractivity contribution in [2.75, 3.05) is 5.32 Å². The van der Waals surface area contributed by atoms with E-state index < -0.39 is 11.5 Å². The molecule has 2 aliphatic rings. The predicted molar refractivity (Wildman–Crippen MR) is 78.1 cm³/mol. The van der Waals surface area contributed by atoms with Gasteiger partial charge in [0.2, 0.25) is 0 Å². The first kappa shape index (κ1) is 13.9. The van der Waals surface area contributed by atoms with Crippen molar-refractivity contribution in [1.82, 2.24) is 4.98 Å². The molecule has 5 heteroatoms. The summed E-state index contributed by atoms with van der Waals surface area (Å²) >= 11 is 0. The van der Waals surface area contributed by atoms with Crippen LogP contribution in [0.5, 0.6) is 0 Å². The van der Waals surface area contributed by atoms with E-state index in [0.717, 1.165) is 49.8 Å². The number of pyridine rings is 1. The highest BCUT2D eigenvalue weighted by atomic mass is 16.4. The van der Waals surface area contributed by atoms with Crippen LogP contribution in [-0.4, -0.2) is 21.6 Å². The number of carboxylic acid groups (broad SMARTS) is 1. The summed E-state index contributed by atoms with van der Waals surface area (Å²) in [6.45, 7) is 0. The Morgan fingerprint density at radius 3 is 2.71 bits per heavy atom. The summed E-state index contributed by atoms with van der Waals surface area (Å²) in [7, 11) is 0. The van der Waals surface area contributed by atoms with Gasteiger partial charge in [0.25, 0.3) is 0 Å². The third kappa shape index (κ3) is 2.46. The van der Waals surface area contributed by atoms with Gasteiger partial charge in [-0.3, -0.25) is 0 Å². The van der Waals surface area contributed by atoms with E-state index in [0.29, 0.717) is 24.2 Å². The number of nitrogens with zero attached hydrogens (tertiary/aromatic N) is 2. The molecule has 2 N–H and O–H groups in total. The molecule has 0 radical (unpaired) electrons. The lowest BCUT2D eigenvalue weighted by molar-refractivity contribution is -0.143. The Labute approximate surface area is 124 Å². The molecule has 1 aromatic rings. The molecule has 110 valence electrons. The maximum Gasteiger partial charge on any atom is 0.329 e. The average molecular weight is 285 g/mol. The third-order valence-corrected chi connectivity index (χ3v) is 4.65. The Balaban J connectivity index is 1.96. The number of aromatic nitrogens is 1. The normalized spacial score (nSPS) is 19.6. The summed E-state index contributed by atoms with van der Waals surface area (Å²) in [5, 5.41) is 22.1. The zero-order chi connectivity index (χ0) is 14.9. The summed E-state index contributed by atoms with van der Waals surface area (Å²) in [4.78, 5) is 16.3. The first-order chi connectivity index (χ1) is 10.1. The molecule has 1 heterocycles. The molecule has 21 heavy (non-hydrogen) atoms. The molecular weight excluding hydrogens is 266 g/mol. The van der Waals surface area contributed by atoms with Gasteiger partial charge in [-0.25, -0.2) is 9.78 Å². The van der Waals surface area contributed by atoms with E-state index in [1.165, 1.54) is 0 Å². The van der Waals surface area contributed by atoms with Crippen molar-refractivity contribution in [2.45, 2.75) is 56.9 Å². The standard InChI is InChI=1S/C16H19N3O2/c17-10-12-9-11-5-4-6-13(11)18-14(12)19-16(15(20)21)7-2-1-3-8-16/h9H,1-8H2,(H,18,19)(H,20,21). The summed E-state index contributed by atoms with van der Waals surface area (Å²) in [6.07, 6.45) is 6.97. The van der Waals surface area contributed by atoms with E-state index in [1.807, 2.05) is 6.07 Å². The van der Waals surface area contributed by atoms with Crippen LogP contribution in [0.4, 0.5) is 5.82 Å². The largest absolute Gasteiger partial charge is 0.480 e. The maximum atomic E-state index is 11.7. The molecular formula is C16H19N3O2. The minimum absolute atomic E-state index is 0.447. The molecule has 0 amide bonds. The minimum atomic E-state index is -0.969. The Hall–Kier alpha value is -2.09. The molecule has 0 saturated heterocycles. The SMILES string of the molecule is N#Cc1cc2c(nc1NC1(C(=O)O)CCCCC1)CCC2. The Morgan fingerprint density at radius 2 is 2.05 bits per heavy atom. The van der Waals surface area contributed by atoms with Gasteiger partial charge >= 0.3 is 5.97 Å². The van der Waals surface area contributed by atoms with Gasteiger partial charge in [0.05, 0.1) is 5.56 Å². The van der Waals surface area contributed by atoms with Crippen molar-refractivity contribution in [2.24, 2.45) is 0 Å². The molecule has 0 atom stereocenters. The second kappa shape index (κ2) is 5.36. The van der Waals surface area contributed by atoms with Crippen LogP contribution in [0.3, 0.4) is 0 Å². The fourth-order valence-electron chi connectivity index (χ4n) is 3.43. The van der Waals surface area contributed by atoms with Crippen molar-refractivity contribution in [3.8, 4) is 6.07 Å². The van der Waals surface area contributed by atoms with Crippen LogP contribution in [0, 0.1) is 11.3 Å². The Morgan fingerprint density at radius 1 is 1.29 bits per heavy atom. The third-order valence-electron chi connectivity index (χ3n) is 4.65. The second-order valence-corrected chi connectivity index (χ2v) is 6.03. The number of hydrogen-bond donors (Lipinski definition) is 2. The number of nitrogens with one attached hydrogen (secondary N) is 1. The summed E-state index contributed by atoms with van der Waals surface area (Å²) in [5.41, 5.74) is 1.63. The maximum absolute atomic E-state index is 11.7. The first-order valence-electron chi connectivity index (χ1n) is 7.59. The second-order valence-electron chi connectivity index (χ2n) is 6.03. The number of nitriles is 1. The molecule has 1 aromatic heterocycles. The van der Waals surface area contributed by atoms with Crippen molar-refractivity contribution in [1.29, 1.82) is 5.26 Å². The molecule has 0 spiro atoms. The highest BCUT2D eigenvalue weighted by Crippen LogP contribution is 2.33. The van der Waals surface area contributed by atoms with Crippen LogP contribution in [0.25, 0.3) is 0 Å². The number of aryl methyl sites for hydroxylation is 2. The van der Waals surface area contributed by atoms with Crippen molar-refractivity contribution in [3.05, 3.63) is 22.9 Å². The van der Waals surface area contributed by atoms with Gasteiger partial charge in [-0.2, -0.15) is 5.26 Å². The van der Waals surface area contributed by atoms with Gasteiger partial charge in [-0.15, -0.1) is 0 Å². The van der Waals surface area contributed by atoms with Gasteiger partial charge in [0.15, 0.2) is 0 Å². The van der Waals surface area contributed by atoms with Gasteiger partial charge in [-0.05, 0) is 43.7 Å². The van der Waals surface area contributed by atoms with E-state index >= 15 is 0 Å². The van der Waals surface area contributed by atoms with Crippen LogP contribution in [0.2, 0.25) is 0 Å². The van der Waals surface area contributed by atoms with Crippen LogP contribution in [-0.2, 0) is 17.6 Å². The van der Waals surface area contributed by atoms with E-state index in [4.69, 9.17) is 0 Å². The molecule has 1 fully saturated rings. The molecule has 2 aliphatic carbocycles. The van der Waals surface area contributed by atoms with Gasteiger partial charge in [-0.1, -0.05) is 19.3 Å². The lowest BCUT2D eigenvalue weighted by Crippen LogP contribution is -2.48. The number of anilines is 1. The molecule has 3 rings (SSSR count). The van der Waals surface area contributed by atoms with Crippen LogP contribution in [0.15, 0.2) is 6.07 Å². The molecule has 0 aliphatic heterocycles. The van der Waals surface area contributed by atoms with E-state index in [1.54, 1.807) is 0 Å². The zero-order valence-corrected chi connectivity index (χ0v) is 12.0. The van der Waals surface area contributed by atoms with Gasteiger partial charge < -0.3 is 10.4 Å². The topological polar surface area (TPSA) is 86.0 Å². The fraction of sp³-hybridized carbons (Fsp3) is 0.562. The monoisotopic (exact) mass is 285 g/mol. The zero-order valence-electron chi connectivity index (χ0n) is 12.0. The number of rotatable bonds is 3. The van der Waals surface area contributed by atoms with E-state index in [9.17, 15) is 15.2 Å². The van der Waals surface area contributed by atoms with Crippen molar-refractivity contribution in [3.63, 3.8) is 0 Å². The number of carboxylic acids is 1. The molecule has 5 nitrogen and oxygen atoms in total. The van der Waals surface area contributed by atoms with Crippen LogP contribution < -0.4 is 5.32 Å². The lowest BCUT2D eigenvalue weighted by Gasteiger charge is -2.34.